The van der Waals surface area contributed by atoms with Gasteiger partial charge >= 0.3 is 0 Å². The molecule has 2 heterocycles. The first-order valence-electron chi connectivity index (χ1n) is 8.47. The fourth-order valence-corrected chi connectivity index (χ4v) is 4.12. The third kappa shape index (κ3) is 2.59. The van der Waals surface area contributed by atoms with Gasteiger partial charge in [0.15, 0.2) is 0 Å². The fraction of sp³-hybridized carbons (Fsp3) is 0.316. The van der Waals surface area contributed by atoms with Gasteiger partial charge in [0.05, 0.1) is 18.7 Å². The highest BCUT2D eigenvalue weighted by Crippen LogP contribution is 2.48. The third-order valence-corrected chi connectivity index (χ3v) is 5.17. The molecule has 4 rings (SSSR count). The molecule has 0 spiro atoms. The Hall–Kier alpha value is -2.41. The summed E-state index contributed by atoms with van der Waals surface area (Å²) in [4.78, 5) is 14.6. The van der Waals surface area contributed by atoms with Crippen LogP contribution in [0.4, 0.5) is 0 Å². The quantitative estimate of drug-likeness (QED) is 0.670. The Morgan fingerprint density at radius 2 is 1.64 bits per heavy atom. The number of phenols is 1. The fourth-order valence-electron chi connectivity index (χ4n) is 4.12. The number of para-hydroxylation sites is 1. The van der Waals surface area contributed by atoms with Gasteiger partial charge in [0.2, 0.25) is 5.91 Å². The van der Waals surface area contributed by atoms with E-state index in [-0.39, 0.29) is 42.3 Å². The number of phenolic OH excluding ortho intramolecular Hbond substituents is 1. The van der Waals surface area contributed by atoms with Crippen molar-refractivity contribution in [2.24, 2.45) is 5.92 Å². The lowest BCUT2D eigenvalue weighted by Gasteiger charge is -2.31. The smallest absolute Gasteiger partial charge is 0.242 e. The Morgan fingerprint density at radius 3 is 2.36 bits per heavy atom. The van der Waals surface area contributed by atoms with Crippen LogP contribution in [-0.2, 0) is 4.79 Å². The summed E-state index contributed by atoms with van der Waals surface area (Å²) in [6, 6.07) is 16.3. The number of likely N-dealkylation sites (tertiary alicyclic amines) is 1. The van der Waals surface area contributed by atoms with Gasteiger partial charge in [-0.3, -0.25) is 4.79 Å². The van der Waals surface area contributed by atoms with E-state index in [1.165, 1.54) is 0 Å². The molecular weight excluding hydrogens is 318 g/mol. The first kappa shape index (κ1) is 16.1. The summed E-state index contributed by atoms with van der Waals surface area (Å²) >= 11 is 0. The van der Waals surface area contributed by atoms with Gasteiger partial charge in [0.25, 0.3) is 0 Å². The van der Waals surface area contributed by atoms with Gasteiger partial charge in [-0.15, -0.1) is 0 Å². The first-order chi connectivity index (χ1) is 12.2. The van der Waals surface area contributed by atoms with Crippen molar-refractivity contribution in [2.45, 2.75) is 18.1 Å². The molecule has 0 radical (unpaired) electrons. The minimum absolute atomic E-state index is 0.0293. The number of amides is 1. The topological polar surface area (TPSA) is 84.8 Å². The lowest BCUT2D eigenvalue weighted by atomic mass is 9.83. The van der Waals surface area contributed by atoms with E-state index in [1.807, 2.05) is 42.5 Å². The van der Waals surface area contributed by atoms with E-state index in [2.05, 4.69) is 10.9 Å². The SMILES string of the molecule is O=C1C2NNC(c3ccccc3O)C2C(c2ccccc2)N1CCO. The predicted octanol–water partition coefficient (Wildman–Crippen LogP) is 1.10. The summed E-state index contributed by atoms with van der Waals surface area (Å²) in [7, 11) is 0. The summed E-state index contributed by atoms with van der Waals surface area (Å²) in [5.41, 5.74) is 8.08. The number of nitrogens with one attached hydrogen (secondary N) is 2. The second kappa shape index (κ2) is 6.48. The number of hydrogen-bond acceptors (Lipinski definition) is 5. The van der Waals surface area contributed by atoms with Gasteiger partial charge in [0.1, 0.15) is 11.8 Å². The highest BCUT2D eigenvalue weighted by Gasteiger charge is 2.55. The molecule has 130 valence electrons. The second-order valence-corrected chi connectivity index (χ2v) is 6.49. The van der Waals surface area contributed by atoms with Crippen LogP contribution in [-0.4, -0.2) is 40.2 Å². The van der Waals surface area contributed by atoms with Crippen molar-refractivity contribution >= 4 is 5.91 Å². The molecule has 4 N–H and O–H groups in total. The van der Waals surface area contributed by atoms with Crippen LogP contribution in [0.1, 0.15) is 23.2 Å². The number of aromatic hydroxyl groups is 1. The average Bonchev–Trinajstić information content (AvgIpc) is 3.17. The highest BCUT2D eigenvalue weighted by atomic mass is 16.3. The van der Waals surface area contributed by atoms with Crippen LogP contribution in [0.15, 0.2) is 54.6 Å². The molecule has 6 heteroatoms. The van der Waals surface area contributed by atoms with Crippen LogP contribution in [0.25, 0.3) is 0 Å². The number of nitrogens with zero attached hydrogens (tertiary/aromatic N) is 1. The summed E-state index contributed by atoms with van der Waals surface area (Å²) < 4.78 is 0. The summed E-state index contributed by atoms with van der Waals surface area (Å²) in [6.45, 7) is 0.212. The monoisotopic (exact) mass is 339 g/mol. The van der Waals surface area contributed by atoms with E-state index >= 15 is 0 Å². The van der Waals surface area contributed by atoms with Crippen molar-refractivity contribution in [3.63, 3.8) is 0 Å². The molecule has 2 aliphatic heterocycles. The van der Waals surface area contributed by atoms with Crippen LogP contribution >= 0.6 is 0 Å². The Morgan fingerprint density at radius 1 is 0.960 bits per heavy atom. The summed E-state index contributed by atoms with van der Waals surface area (Å²) in [6.07, 6.45) is 0. The Bertz CT molecular complexity index is 768. The Balaban J connectivity index is 1.78. The maximum Gasteiger partial charge on any atom is 0.242 e. The first-order valence-corrected chi connectivity index (χ1v) is 8.47. The molecule has 0 saturated carbocycles. The number of rotatable bonds is 4. The number of aliphatic hydroxyl groups excluding tert-OH is 1. The summed E-state index contributed by atoms with van der Waals surface area (Å²) in [5, 5.41) is 19.7. The molecule has 1 amide bonds. The number of fused-ring (bicyclic) bond motifs is 1. The maximum absolute atomic E-state index is 12.9. The van der Waals surface area contributed by atoms with Crippen LogP contribution in [0.2, 0.25) is 0 Å². The number of carbonyl (C=O) groups excluding carboxylic acids is 1. The van der Waals surface area contributed by atoms with Crippen LogP contribution in [0.5, 0.6) is 5.75 Å². The van der Waals surface area contributed by atoms with Gasteiger partial charge in [0, 0.05) is 18.0 Å². The van der Waals surface area contributed by atoms with Gasteiger partial charge in [-0.25, -0.2) is 10.9 Å². The molecule has 4 atom stereocenters. The van der Waals surface area contributed by atoms with Crippen molar-refractivity contribution < 1.29 is 15.0 Å². The molecule has 2 saturated heterocycles. The molecule has 0 bridgehead atoms. The molecule has 0 aromatic heterocycles. The minimum atomic E-state index is -0.388. The van der Waals surface area contributed by atoms with Crippen molar-refractivity contribution in [1.82, 2.24) is 15.8 Å². The molecule has 2 aromatic rings. The molecule has 4 unspecified atom stereocenters. The number of carbonyl (C=O) groups is 1. The predicted molar refractivity (Wildman–Crippen MR) is 92.4 cm³/mol. The van der Waals surface area contributed by atoms with Crippen LogP contribution < -0.4 is 10.9 Å². The Kier molecular flexibility index (Phi) is 4.17. The lowest BCUT2D eigenvalue weighted by molar-refractivity contribution is -0.131. The lowest BCUT2D eigenvalue weighted by Crippen LogP contribution is -2.42. The second-order valence-electron chi connectivity index (χ2n) is 6.49. The van der Waals surface area contributed by atoms with Crippen molar-refractivity contribution in [3.05, 3.63) is 65.7 Å². The molecule has 25 heavy (non-hydrogen) atoms. The highest BCUT2D eigenvalue weighted by molar-refractivity contribution is 5.86. The Labute approximate surface area is 146 Å². The largest absolute Gasteiger partial charge is 0.508 e. The zero-order valence-electron chi connectivity index (χ0n) is 13.7. The standard InChI is InChI=1S/C19H21N3O3/c23-11-10-22-18(12-6-2-1-3-7-12)15-16(20-21-17(15)19(22)25)13-8-4-5-9-14(13)24/h1-9,15-18,20-21,23-24H,10-11H2. The minimum Gasteiger partial charge on any atom is -0.508 e. The van der Waals surface area contributed by atoms with Gasteiger partial charge in [-0.1, -0.05) is 48.5 Å². The average molecular weight is 339 g/mol. The summed E-state index contributed by atoms with van der Waals surface area (Å²) in [5.74, 6) is 0.0930. The molecule has 2 aromatic carbocycles. The van der Waals surface area contributed by atoms with Crippen LogP contribution in [0.3, 0.4) is 0 Å². The van der Waals surface area contributed by atoms with E-state index in [4.69, 9.17) is 0 Å². The molecule has 2 fully saturated rings. The molecule has 2 aliphatic rings. The van der Waals surface area contributed by atoms with E-state index < -0.39 is 0 Å². The third-order valence-electron chi connectivity index (χ3n) is 5.17. The number of benzene rings is 2. The molecule has 0 aliphatic carbocycles. The number of hydrogen-bond donors (Lipinski definition) is 4. The molecular formula is C19H21N3O3. The van der Waals surface area contributed by atoms with Crippen LogP contribution in [0, 0.1) is 5.92 Å². The van der Waals surface area contributed by atoms with E-state index in [9.17, 15) is 15.0 Å². The van der Waals surface area contributed by atoms with E-state index in [0.29, 0.717) is 6.54 Å². The zero-order chi connectivity index (χ0) is 17.4. The van der Waals surface area contributed by atoms with Crippen molar-refractivity contribution in [2.75, 3.05) is 13.2 Å². The van der Waals surface area contributed by atoms with Gasteiger partial charge < -0.3 is 15.1 Å². The normalized spacial score (nSPS) is 28.4. The van der Waals surface area contributed by atoms with Crippen molar-refractivity contribution in [1.29, 1.82) is 0 Å². The van der Waals surface area contributed by atoms with E-state index in [1.54, 1.807) is 17.0 Å². The van der Waals surface area contributed by atoms with Crippen molar-refractivity contribution in [3.8, 4) is 5.75 Å². The van der Waals surface area contributed by atoms with E-state index in [0.717, 1.165) is 11.1 Å². The maximum atomic E-state index is 12.9. The number of aliphatic hydroxyl groups is 1. The van der Waals surface area contributed by atoms with Gasteiger partial charge in [-0.05, 0) is 11.6 Å². The van der Waals surface area contributed by atoms with Gasteiger partial charge in [-0.2, -0.15) is 0 Å². The number of hydrazine groups is 1. The zero-order valence-corrected chi connectivity index (χ0v) is 13.7. The molecule has 6 nitrogen and oxygen atoms in total. The number of β-amino-alcohol motifs (C(OH)–C–C–N with tert-alkyl or cyclic N) is 1.